The van der Waals surface area contributed by atoms with Gasteiger partial charge in [-0.1, -0.05) is 39.7 Å². The lowest BCUT2D eigenvalue weighted by atomic mass is 9.96. The lowest BCUT2D eigenvalue weighted by molar-refractivity contribution is -0.0140. The Bertz CT molecular complexity index is 1220. The zero-order valence-corrected chi connectivity index (χ0v) is 16.7. The van der Waals surface area contributed by atoms with Crippen LogP contribution in [0.3, 0.4) is 0 Å². The molecule has 0 saturated heterocycles. The predicted octanol–water partition coefficient (Wildman–Crippen LogP) is 2.68. The summed E-state index contributed by atoms with van der Waals surface area (Å²) >= 11 is 3.40. The molecule has 0 amide bonds. The van der Waals surface area contributed by atoms with E-state index in [1.807, 2.05) is 13.0 Å². The quantitative estimate of drug-likeness (QED) is 0.618. The van der Waals surface area contributed by atoms with Crippen molar-refractivity contribution in [2.24, 2.45) is 0 Å². The first kappa shape index (κ1) is 18.4. The molecule has 1 atom stereocenters. The molecule has 0 fully saturated rings. The number of nitrogens with zero attached hydrogens (tertiary/aromatic N) is 1. The minimum atomic E-state index is -4.04. The molecule has 0 radical (unpaired) electrons. The number of pyridine rings is 1. The highest BCUT2D eigenvalue weighted by atomic mass is 79.9. The van der Waals surface area contributed by atoms with Crippen LogP contribution >= 0.6 is 15.9 Å². The molecule has 0 bridgehead atoms. The number of halogens is 1. The maximum atomic E-state index is 12.5. The van der Waals surface area contributed by atoms with Crippen molar-refractivity contribution < 1.29 is 17.7 Å². The third kappa shape index (κ3) is 3.02. The van der Waals surface area contributed by atoms with Crippen molar-refractivity contribution >= 4 is 37.0 Å². The average molecular weight is 450 g/mol. The van der Waals surface area contributed by atoms with Gasteiger partial charge in [-0.15, -0.1) is 0 Å². The van der Waals surface area contributed by atoms with E-state index in [1.165, 1.54) is 22.8 Å². The van der Waals surface area contributed by atoms with Crippen molar-refractivity contribution in [1.82, 2.24) is 4.57 Å². The molecule has 4 rings (SSSR count). The Morgan fingerprint density at radius 1 is 1.15 bits per heavy atom. The van der Waals surface area contributed by atoms with E-state index >= 15 is 0 Å². The number of hydrogen-bond acceptors (Lipinski definition) is 5. The van der Waals surface area contributed by atoms with Crippen LogP contribution in [0.25, 0.3) is 10.9 Å². The number of aromatic nitrogens is 1. The fourth-order valence-electron chi connectivity index (χ4n) is 3.38. The van der Waals surface area contributed by atoms with Crippen molar-refractivity contribution in [3.63, 3.8) is 0 Å². The van der Waals surface area contributed by atoms with E-state index in [0.717, 1.165) is 10.9 Å². The van der Waals surface area contributed by atoms with E-state index in [-0.39, 0.29) is 17.0 Å². The van der Waals surface area contributed by atoms with Crippen LogP contribution in [0.5, 0.6) is 0 Å². The van der Waals surface area contributed by atoms with Crippen LogP contribution in [0.2, 0.25) is 0 Å². The summed E-state index contributed by atoms with van der Waals surface area (Å²) in [6, 6.07) is 13.0. The van der Waals surface area contributed by atoms with Gasteiger partial charge in [0.1, 0.15) is 12.2 Å². The molecule has 1 N–H and O–H groups in total. The summed E-state index contributed by atoms with van der Waals surface area (Å²) in [5, 5.41) is 12.0. The number of aryl methyl sites for hydroxylation is 1. The lowest BCUT2D eigenvalue weighted by Crippen LogP contribution is -2.35. The summed E-state index contributed by atoms with van der Waals surface area (Å²) in [4.78, 5) is 12.2. The van der Waals surface area contributed by atoms with Gasteiger partial charge < -0.3 is 9.67 Å². The zero-order chi connectivity index (χ0) is 19.4. The Labute approximate surface area is 164 Å². The van der Waals surface area contributed by atoms with Gasteiger partial charge in [-0.3, -0.25) is 8.98 Å². The van der Waals surface area contributed by atoms with Crippen LogP contribution in [0.4, 0.5) is 0 Å². The first-order valence-corrected chi connectivity index (χ1v) is 10.4. The van der Waals surface area contributed by atoms with Crippen molar-refractivity contribution in [2.75, 3.05) is 6.61 Å². The van der Waals surface area contributed by atoms with Crippen molar-refractivity contribution in [3.05, 3.63) is 74.5 Å². The van der Waals surface area contributed by atoms with Crippen LogP contribution in [-0.2, 0) is 26.4 Å². The molecule has 0 spiro atoms. The van der Waals surface area contributed by atoms with E-state index in [2.05, 4.69) is 15.9 Å². The van der Waals surface area contributed by atoms with Gasteiger partial charge in [-0.25, -0.2) is 0 Å². The first-order valence-electron chi connectivity index (χ1n) is 8.22. The van der Waals surface area contributed by atoms with E-state index in [1.54, 1.807) is 24.3 Å². The number of aliphatic hydroxyl groups is 1. The average Bonchev–Trinajstić information content (AvgIpc) is 2.95. The second-order valence-electron chi connectivity index (χ2n) is 6.68. The minimum absolute atomic E-state index is 0.0154. The highest BCUT2D eigenvalue weighted by Gasteiger charge is 2.42. The van der Waals surface area contributed by atoms with Crippen LogP contribution in [0.1, 0.15) is 11.1 Å². The van der Waals surface area contributed by atoms with Gasteiger partial charge >= 0.3 is 0 Å². The third-order valence-corrected chi connectivity index (χ3v) is 6.69. The molecule has 1 aromatic heterocycles. The summed E-state index contributed by atoms with van der Waals surface area (Å²) in [5.74, 6) is 0. The topological polar surface area (TPSA) is 85.6 Å². The normalized spacial score (nSPS) is 18.9. The second-order valence-corrected chi connectivity index (χ2v) is 9.15. The fraction of sp³-hybridized carbons (Fsp3) is 0.211. The van der Waals surface area contributed by atoms with Crippen molar-refractivity contribution in [1.29, 1.82) is 0 Å². The molecule has 0 aliphatic carbocycles. The molecule has 1 aliphatic heterocycles. The largest absolute Gasteiger partial charge is 0.381 e. The summed E-state index contributed by atoms with van der Waals surface area (Å²) in [5.41, 5.74) is 0.0457. The monoisotopic (exact) mass is 449 g/mol. The SMILES string of the molecule is Cc1ccc(S(=O)(=O)OCC2(O)Cn3c(=O)ccc4ccc(Br)c2c43)cc1. The molecule has 2 heterocycles. The molecule has 1 aliphatic rings. The van der Waals surface area contributed by atoms with Crippen LogP contribution in [-0.4, -0.2) is 24.7 Å². The lowest BCUT2D eigenvalue weighted by Gasteiger charge is -2.23. The third-order valence-electron chi connectivity index (χ3n) is 4.75. The first-order chi connectivity index (χ1) is 12.7. The fourth-order valence-corrected chi connectivity index (χ4v) is 5.02. The van der Waals surface area contributed by atoms with Gasteiger partial charge in [0.15, 0.2) is 0 Å². The highest BCUT2D eigenvalue weighted by Crippen LogP contribution is 2.41. The minimum Gasteiger partial charge on any atom is -0.381 e. The van der Waals surface area contributed by atoms with E-state index < -0.39 is 22.3 Å². The van der Waals surface area contributed by atoms with Gasteiger partial charge in [0.05, 0.1) is 17.0 Å². The molecule has 6 nitrogen and oxygen atoms in total. The van der Waals surface area contributed by atoms with Gasteiger partial charge in [0, 0.05) is 16.1 Å². The standard InChI is InChI=1S/C19H16BrNO5S/c1-12-2-6-14(7-3-12)27(24,25)26-11-19(23)10-21-16(22)9-5-13-4-8-15(20)17(19)18(13)21/h2-9,23H,10-11H2,1H3. The van der Waals surface area contributed by atoms with Gasteiger partial charge in [0.25, 0.3) is 15.7 Å². The maximum Gasteiger partial charge on any atom is 0.297 e. The summed E-state index contributed by atoms with van der Waals surface area (Å²) < 4.78 is 32.2. The van der Waals surface area contributed by atoms with Crippen LogP contribution < -0.4 is 5.56 Å². The van der Waals surface area contributed by atoms with E-state index in [9.17, 15) is 18.3 Å². The Kier molecular flexibility index (Phi) is 4.27. The molecule has 27 heavy (non-hydrogen) atoms. The Balaban J connectivity index is 1.72. The van der Waals surface area contributed by atoms with Gasteiger partial charge in [-0.2, -0.15) is 8.42 Å². The molecule has 2 aromatic carbocycles. The summed E-state index contributed by atoms with van der Waals surface area (Å²) in [6.07, 6.45) is 0. The Hall–Kier alpha value is -2.00. The number of hydrogen-bond donors (Lipinski definition) is 1. The highest BCUT2D eigenvalue weighted by molar-refractivity contribution is 9.10. The predicted molar refractivity (Wildman–Crippen MR) is 104 cm³/mol. The second kappa shape index (κ2) is 6.27. The van der Waals surface area contributed by atoms with Crippen LogP contribution in [0.15, 0.2) is 62.7 Å². The maximum absolute atomic E-state index is 12.5. The molecular formula is C19H16BrNO5S. The van der Waals surface area contributed by atoms with E-state index in [4.69, 9.17) is 4.18 Å². The smallest absolute Gasteiger partial charge is 0.297 e. The van der Waals surface area contributed by atoms with Crippen molar-refractivity contribution in [2.45, 2.75) is 24.0 Å². The van der Waals surface area contributed by atoms with Crippen LogP contribution in [0, 0.1) is 6.92 Å². The molecule has 8 heteroatoms. The molecule has 0 saturated carbocycles. The Morgan fingerprint density at radius 2 is 1.81 bits per heavy atom. The zero-order valence-electron chi connectivity index (χ0n) is 14.3. The Morgan fingerprint density at radius 3 is 2.52 bits per heavy atom. The summed E-state index contributed by atoms with van der Waals surface area (Å²) in [6.45, 7) is 1.28. The van der Waals surface area contributed by atoms with Gasteiger partial charge in [-0.05, 0) is 36.6 Å². The number of rotatable bonds is 4. The molecular weight excluding hydrogens is 434 g/mol. The molecule has 3 aromatic rings. The van der Waals surface area contributed by atoms with E-state index in [0.29, 0.717) is 15.6 Å². The molecule has 1 unspecified atom stereocenters. The van der Waals surface area contributed by atoms with Gasteiger partial charge in [0.2, 0.25) is 0 Å². The van der Waals surface area contributed by atoms with Crippen molar-refractivity contribution in [3.8, 4) is 0 Å². The molecule has 140 valence electrons. The number of benzene rings is 2. The summed E-state index contributed by atoms with van der Waals surface area (Å²) in [7, 11) is -4.04.